The molecule has 0 saturated carbocycles. The second kappa shape index (κ2) is 6.56. The van der Waals surface area contributed by atoms with Crippen molar-refractivity contribution in [2.75, 3.05) is 32.4 Å². The fourth-order valence-corrected chi connectivity index (χ4v) is 3.45. The lowest BCUT2D eigenvalue weighted by Crippen LogP contribution is -2.32. The summed E-state index contributed by atoms with van der Waals surface area (Å²) in [6, 6.07) is 5.86. The summed E-state index contributed by atoms with van der Waals surface area (Å²) in [4.78, 5) is 14.9. The molecule has 0 bridgehead atoms. The van der Waals surface area contributed by atoms with Crippen LogP contribution in [0.1, 0.15) is 16.6 Å². The number of carbonyl (C=O) groups is 1. The molecule has 0 aliphatic rings. The van der Waals surface area contributed by atoms with Crippen LogP contribution in [0.15, 0.2) is 22.7 Å². The number of amides is 1. The first-order chi connectivity index (χ1) is 9.52. The summed E-state index contributed by atoms with van der Waals surface area (Å²) in [5.41, 5.74) is 6.64. The van der Waals surface area contributed by atoms with E-state index >= 15 is 0 Å². The quantitative estimate of drug-likeness (QED) is 0.866. The Bertz CT molecular complexity index is 626. The highest BCUT2D eigenvalue weighted by molar-refractivity contribution is 9.10. The molecule has 0 spiro atoms. The average Bonchev–Trinajstić information content (AvgIpc) is 2.75. The number of carbonyl (C=O) groups excluding carboxylic acids is 1. The first kappa shape index (κ1) is 15.3. The molecule has 1 aromatic carbocycles. The van der Waals surface area contributed by atoms with Gasteiger partial charge in [0.2, 0.25) is 0 Å². The highest BCUT2D eigenvalue weighted by Gasteiger charge is 2.16. The van der Waals surface area contributed by atoms with Crippen LogP contribution in [-0.2, 0) is 0 Å². The van der Waals surface area contributed by atoms with E-state index in [0.29, 0.717) is 17.1 Å². The molecule has 108 valence electrons. The number of hydrogen-bond acceptors (Lipinski definition) is 4. The third-order valence-corrected chi connectivity index (χ3v) is 4.88. The minimum Gasteiger partial charge on any atom is -0.397 e. The van der Waals surface area contributed by atoms with Gasteiger partial charge < -0.3 is 16.0 Å². The molecule has 20 heavy (non-hydrogen) atoms. The monoisotopic (exact) mass is 355 g/mol. The van der Waals surface area contributed by atoms with E-state index in [1.165, 1.54) is 11.3 Å². The van der Waals surface area contributed by atoms with Gasteiger partial charge in [-0.05, 0) is 25.7 Å². The smallest absolute Gasteiger partial charge is 0.263 e. The van der Waals surface area contributed by atoms with Crippen LogP contribution in [0, 0.1) is 0 Å². The van der Waals surface area contributed by atoms with Crippen molar-refractivity contribution in [2.45, 2.75) is 6.92 Å². The lowest BCUT2D eigenvalue weighted by molar-refractivity contribution is 0.0955. The maximum Gasteiger partial charge on any atom is 0.263 e. The Kier molecular flexibility index (Phi) is 5.01. The molecule has 4 nitrogen and oxygen atoms in total. The van der Waals surface area contributed by atoms with Gasteiger partial charge in [-0.2, -0.15) is 0 Å². The van der Waals surface area contributed by atoms with E-state index in [4.69, 9.17) is 5.73 Å². The molecule has 3 N–H and O–H groups in total. The van der Waals surface area contributed by atoms with E-state index < -0.39 is 0 Å². The molecular formula is C14H18BrN3OS. The van der Waals surface area contributed by atoms with Crippen LogP contribution in [0.3, 0.4) is 0 Å². The van der Waals surface area contributed by atoms with Crippen molar-refractivity contribution in [3.05, 3.63) is 27.5 Å². The van der Waals surface area contributed by atoms with Crippen LogP contribution in [0.4, 0.5) is 5.69 Å². The van der Waals surface area contributed by atoms with Gasteiger partial charge in [0.05, 0.1) is 5.69 Å². The Morgan fingerprint density at radius 3 is 2.95 bits per heavy atom. The molecule has 0 saturated heterocycles. The number of benzene rings is 1. The number of anilines is 1. The summed E-state index contributed by atoms with van der Waals surface area (Å²) in [6.07, 6.45) is 0. The molecule has 0 aliphatic heterocycles. The van der Waals surface area contributed by atoms with Crippen LogP contribution in [-0.4, -0.2) is 37.5 Å². The number of halogens is 1. The van der Waals surface area contributed by atoms with Crippen molar-refractivity contribution < 1.29 is 4.79 Å². The molecule has 0 atom stereocenters. The fourth-order valence-electron chi connectivity index (χ4n) is 1.86. The zero-order valence-corrected chi connectivity index (χ0v) is 14.0. The molecule has 2 aromatic rings. The topological polar surface area (TPSA) is 58.4 Å². The van der Waals surface area contributed by atoms with Gasteiger partial charge in [0.1, 0.15) is 4.88 Å². The van der Waals surface area contributed by atoms with Gasteiger partial charge in [0.25, 0.3) is 5.91 Å². The van der Waals surface area contributed by atoms with Gasteiger partial charge in [-0.25, -0.2) is 0 Å². The predicted octanol–water partition coefficient (Wildman–Crippen LogP) is 2.93. The fraction of sp³-hybridized carbons (Fsp3) is 0.357. The summed E-state index contributed by atoms with van der Waals surface area (Å²) in [7, 11) is 2.03. The minimum atomic E-state index is -0.0932. The van der Waals surface area contributed by atoms with Crippen LogP contribution in [0.25, 0.3) is 10.1 Å². The van der Waals surface area contributed by atoms with Gasteiger partial charge in [0.15, 0.2) is 0 Å². The van der Waals surface area contributed by atoms with Crippen LogP contribution < -0.4 is 11.1 Å². The number of nitrogens with two attached hydrogens (primary N) is 1. The van der Waals surface area contributed by atoms with Gasteiger partial charge >= 0.3 is 0 Å². The molecule has 1 aromatic heterocycles. The molecule has 2 rings (SSSR count). The molecule has 1 amide bonds. The second-order valence-corrected chi connectivity index (χ2v) is 6.61. The van der Waals surface area contributed by atoms with Crippen molar-refractivity contribution in [1.82, 2.24) is 10.2 Å². The first-order valence-electron chi connectivity index (χ1n) is 6.47. The largest absolute Gasteiger partial charge is 0.397 e. The second-order valence-electron chi connectivity index (χ2n) is 4.64. The molecule has 0 unspecified atom stereocenters. The Balaban J connectivity index is 2.12. The Morgan fingerprint density at radius 1 is 1.50 bits per heavy atom. The standard InChI is InChI=1S/C14H18BrN3OS/c1-3-18(2)7-6-17-14(19)13-12(16)10-5-4-9(15)8-11(10)20-13/h4-5,8H,3,6-7,16H2,1-2H3,(H,17,19). The first-order valence-corrected chi connectivity index (χ1v) is 8.08. The average molecular weight is 356 g/mol. The van der Waals surface area contributed by atoms with Crippen molar-refractivity contribution in [3.8, 4) is 0 Å². The molecule has 1 heterocycles. The third kappa shape index (κ3) is 3.31. The summed E-state index contributed by atoms with van der Waals surface area (Å²) in [5.74, 6) is -0.0932. The number of nitrogens with one attached hydrogen (secondary N) is 1. The molecule has 0 radical (unpaired) electrons. The lowest BCUT2D eigenvalue weighted by atomic mass is 10.2. The van der Waals surface area contributed by atoms with E-state index in [-0.39, 0.29) is 5.91 Å². The summed E-state index contributed by atoms with van der Waals surface area (Å²) in [5, 5.41) is 3.86. The highest BCUT2D eigenvalue weighted by atomic mass is 79.9. The number of nitrogen functional groups attached to an aromatic ring is 1. The van der Waals surface area contributed by atoms with Gasteiger partial charge in [-0.15, -0.1) is 11.3 Å². The zero-order chi connectivity index (χ0) is 14.7. The maximum absolute atomic E-state index is 12.2. The molecule has 6 heteroatoms. The van der Waals surface area contributed by atoms with Crippen molar-refractivity contribution in [1.29, 1.82) is 0 Å². The zero-order valence-electron chi connectivity index (χ0n) is 11.6. The third-order valence-electron chi connectivity index (χ3n) is 3.22. The van der Waals surface area contributed by atoms with E-state index in [1.807, 2.05) is 25.2 Å². The van der Waals surface area contributed by atoms with Crippen LogP contribution >= 0.6 is 27.3 Å². The number of rotatable bonds is 5. The number of likely N-dealkylation sites (N-methyl/N-ethyl adjacent to an activating group) is 1. The van der Waals surface area contributed by atoms with Gasteiger partial charge in [-0.3, -0.25) is 4.79 Å². The predicted molar refractivity (Wildman–Crippen MR) is 89.4 cm³/mol. The van der Waals surface area contributed by atoms with E-state index in [2.05, 4.69) is 33.1 Å². The van der Waals surface area contributed by atoms with Gasteiger partial charge in [-0.1, -0.05) is 28.9 Å². The van der Waals surface area contributed by atoms with Crippen LogP contribution in [0.5, 0.6) is 0 Å². The summed E-state index contributed by atoms with van der Waals surface area (Å²) < 4.78 is 2.01. The normalized spacial score (nSPS) is 11.2. The summed E-state index contributed by atoms with van der Waals surface area (Å²) >= 11 is 4.86. The van der Waals surface area contributed by atoms with Gasteiger partial charge in [0, 0.05) is 27.6 Å². The van der Waals surface area contributed by atoms with E-state index in [9.17, 15) is 4.79 Å². The minimum absolute atomic E-state index is 0.0932. The number of thiophene rings is 1. The molecule has 0 aliphatic carbocycles. The Morgan fingerprint density at radius 2 is 2.25 bits per heavy atom. The lowest BCUT2D eigenvalue weighted by Gasteiger charge is -2.13. The van der Waals surface area contributed by atoms with Crippen molar-refractivity contribution in [2.24, 2.45) is 0 Å². The van der Waals surface area contributed by atoms with Crippen molar-refractivity contribution in [3.63, 3.8) is 0 Å². The molecule has 0 fully saturated rings. The SMILES string of the molecule is CCN(C)CCNC(=O)c1sc2cc(Br)ccc2c1N. The Hall–Kier alpha value is -1.11. The maximum atomic E-state index is 12.2. The number of hydrogen-bond donors (Lipinski definition) is 2. The Labute approximate surface area is 131 Å². The van der Waals surface area contributed by atoms with Crippen molar-refractivity contribution >= 4 is 48.9 Å². The number of fused-ring (bicyclic) bond motifs is 1. The molecular weight excluding hydrogens is 338 g/mol. The van der Waals surface area contributed by atoms with Crippen LogP contribution in [0.2, 0.25) is 0 Å². The number of nitrogens with zero attached hydrogens (tertiary/aromatic N) is 1. The highest BCUT2D eigenvalue weighted by Crippen LogP contribution is 2.35. The van der Waals surface area contributed by atoms with E-state index in [1.54, 1.807) is 0 Å². The summed E-state index contributed by atoms with van der Waals surface area (Å²) in [6.45, 7) is 4.51. The van der Waals surface area contributed by atoms with E-state index in [0.717, 1.165) is 27.6 Å².